The third-order valence-corrected chi connectivity index (χ3v) is 9.25. The number of aromatic nitrogens is 4. The molecule has 2 aliphatic heterocycles. The Bertz CT molecular complexity index is 1400. The summed E-state index contributed by atoms with van der Waals surface area (Å²) in [5, 5.41) is 6.68. The van der Waals surface area contributed by atoms with E-state index in [2.05, 4.69) is 14.6 Å². The Kier molecular flexibility index (Phi) is 5.93. The quantitative estimate of drug-likeness (QED) is 0.396. The van der Waals surface area contributed by atoms with E-state index in [9.17, 15) is 9.59 Å². The second-order valence-corrected chi connectivity index (χ2v) is 11.2. The van der Waals surface area contributed by atoms with Crippen molar-refractivity contribution in [3.8, 4) is 15.6 Å². The Morgan fingerprint density at radius 3 is 2.39 bits per heavy atom. The molecule has 3 aromatic heterocycles. The molecule has 6 rings (SSSR count). The van der Waals surface area contributed by atoms with E-state index in [1.165, 1.54) is 22.9 Å². The fraction of sp³-hybridized carbons (Fsp3) is 0.346. The highest BCUT2D eigenvalue weighted by atomic mass is 32.1. The molecule has 0 radical (unpaired) electrons. The Hall–Kier alpha value is -3.37. The van der Waals surface area contributed by atoms with Gasteiger partial charge in [0, 0.05) is 44.0 Å². The number of carbonyl (C=O) groups excluding carboxylic acids is 2. The van der Waals surface area contributed by atoms with Crippen molar-refractivity contribution in [2.45, 2.75) is 26.2 Å². The second kappa shape index (κ2) is 9.25. The summed E-state index contributed by atoms with van der Waals surface area (Å²) in [4.78, 5) is 36.1. The number of benzene rings is 1. The first-order chi connectivity index (χ1) is 17.5. The molecule has 5 heterocycles. The number of amides is 2. The van der Waals surface area contributed by atoms with Crippen molar-refractivity contribution >= 4 is 34.7 Å². The molecule has 2 amide bonds. The first-order valence-corrected chi connectivity index (χ1v) is 13.7. The zero-order valence-corrected chi connectivity index (χ0v) is 21.6. The first kappa shape index (κ1) is 23.1. The van der Waals surface area contributed by atoms with E-state index in [-0.39, 0.29) is 17.2 Å². The van der Waals surface area contributed by atoms with Crippen LogP contribution < -0.4 is 0 Å². The first-order valence-electron chi connectivity index (χ1n) is 12.1. The number of hydrogen-bond donors (Lipinski definition) is 0. The molecule has 184 valence electrons. The van der Waals surface area contributed by atoms with Gasteiger partial charge in [-0.2, -0.15) is 0 Å². The zero-order chi connectivity index (χ0) is 24.7. The Labute approximate surface area is 217 Å². The van der Waals surface area contributed by atoms with Crippen LogP contribution in [0.15, 0.2) is 54.2 Å². The average molecular weight is 519 g/mol. The largest absolute Gasteiger partial charge is 0.339 e. The van der Waals surface area contributed by atoms with Gasteiger partial charge in [0.2, 0.25) is 0 Å². The molecular formula is C26H26N6O2S2. The maximum absolute atomic E-state index is 13.4. The average Bonchev–Trinajstić information content (AvgIpc) is 3.71. The van der Waals surface area contributed by atoms with Crippen molar-refractivity contribution in [2.24, 2.45) is 5.41 Å². The summed E-state index contributed by atoms with van der Waals surface area (Å²) in [6.07, 6.45) is 6.70. The fourth-order valence-corrected chi connectivity index (χ4v) is 6.89. The molecule has 1 spiro atoms. The number of hydrogen-bond acceptors (Lipinski definition) is 7. The number of nitrogens with zero attached hydrogens (tertiary/aromatic N) is 6. The van der Waals surface area contributed by atoms with Crippen LogP contribution in [0.5, 0.6) is 0 Å². The highest BCUT2D eigenvalue weighted by Gasteiger charge is 2.43. The van der Waals surface area contributed by atoms with Crippen molar-refractivity contribution in [1.29, 1.82) is 0 Å². The zero-order valence-electron chi connectivity index (χ0n) is 20.0. The predicted octanol–water partition coefficient (Wildman–Crippen LogP) is 4.53. The standard InChI is InChI=1S/C26H26N6O2S2/c1-18-22(36-29-28-18)23-27-20(16-35-23)25(34)32-15-10-26(17-32)8-13-31(14-9-26)24(33)19-6-2-3-7-21(19)30-11-4-5-12-30/h2-7,11-12,16H,8-10,13-15,17H2,1H3. The molecule has 8 nitrogen and oxygen atoms in total. The lowest BCUT2D eigenvalue weighted by atomic mass is 9.77. The van der Waals surface area contributed by atoms with Crippen molar-refractivity contribution < 1.29 is 9.59 Å². The number of carbonyl (C=O) groups is 2. The Balaban J connectivity index is 1.11. The number of thiazole rings is 1. The molecule has 0 aliphatic carbocycles. The normalized spacial score (nSPS) is 17.1. The molecule has 0 unspecified atom stereocenters. The van der Waals surface area contributed by atoms with E-state index in [0.29, 0.717) is 18.8 Å². The molecular weight excluding hydrogens is 492 g/mol. The molecule has 1 aromatic carbocycles. The van der Waals surface area contributed by atoms with E-state index < -0.39 is 0 Å². The second-order valence-electron chi connectivity index (χ2n) is 9.60. The van der Waals surface area contributed by atoms with E-state index in [4.69, 9.17) is 0 Å². The van der Waals surface area contributed by atoms with E-state index in [1.54, 1.807) is 0 Å². The number of rotatable bonds is 4. The van der Waals surface area contributed by atoms with E-state index in [1.807, 2.05) is 75.5 Å². The fourth-order valence-electron chi connectivity index (χ4n) is 5.31. The van der Waals surface area contributed by atoms with Gasteiger partial charge in [0.15, 0.2) is 0 Å². The molecule has 36 heavy (non-hydrogen) atoms. The Morgan fingerprint density at radius 2 is 1.67 bits per heavy atom. The summed E-state index contributed by atoms with van der Waals surface area (Å²) in [7, 11) is 0. The lowest BCUT2D eigenvalue weighted by Crippen LogP contribution is -2.45. The molecule has 2 saturated heterocycles. The molecule has 0 atom stereocenters. The number of piperidine rings is 1. The number of para-hydroxylation sites is 1. The minimum Gasteiger partial charge on any atom is -0.339 e. The van der Waals surface area contributed by atoms with Gasteiger partial charge < -0.3 is 14.4 Å². The summed E-state index contributed by atoms with van der Waals surface area (Å²) in [6.45, 7) is 4.78. The smallest absolute Gasteiger partial charge is 0.273 e. The van der Waals surface area contributed by atoms with Crippen molar-refractivity contribution in [1.82, 2.24) is 28.9 Å². The van der Waals surface area contributed by atoms with Crippen LogP contribution in [-0.2, 0) is 0 Å². The van der Waals surface area contributed by atoms with Gasteiger partial charge in [0.05, 0.1) is 16.9 Å². The molecule has 10 heteroatoms. The van der Waals surface area contributed by atoms with Gasteiger partial charge in [-0.25, -0.2) is 4.98 Å². The van der Waals surface area contributed by atoms with Gasteiger partial charge in [-0.05, 0) is 67.4 Å². The van der Waals surface area contributed by atoms with Crippen LogP contribution in [0.2, 0.25) is 0 Å². The number of likely N-dealkylation sites (tertiary alicyclic amines) is 2. The summed E-state index contributed by atoms with van der Waals surface area (Å²) >= 11 is 2.77. The van der Waals surface area contributed by atoms with Crippen LogP contribution in [0.4, 0.5) is 0 Å². The van der Waals surface area contributed by atoms with Crippen LogP contribution in [-0.4, -0.2) is 66.9 Å². The predicted molar refractivity (Wildman–Crippen MR) is 140 cm³/mol. The van der Waals surface area contributed by atoms with Crippen molar-refractivity contribution in [3.05, 3.63) is 71.1 Å². The van der Waals surface area contributed by atoms with Gasteiger partial charge in [-0.15, -0.1) is 16.4 Å². The Morgan fingerprint density at radius 1 is 0.944 bits per heavy atom. The third kappa shape index (κ3) is 4.14. The van der Waals surface area contributed by atoms with Crippen molar-refractivity contribution in [2.75, 3.05) is 26.2 Å². The maximum atomic E-state index is 13.4. The summed E-state index contributed by atoms with van der Waals surface area (Å²) in [5.41, 5.74) is 3.03. The molecule has 4 aromatic rings. The SMILES string of the molecule is Cc1nnsc1-c1nc(C(=O)N2CCC3(CCN(C(=O)c4ccccc4-n4cccc4)CC3)C2)cs1. The molecule has 0 saturated carbocycles. The lowest BCUT2D eigenvalue weighted by Gasteiger charge is -2.39. The van der Waals surface area contributed by atoms with E-state index >= 15 is 0 Å². The van der Waals surface area contributed by atoms with Crippen LogP contribution in [0.3, 0.4) is 0 Å². The lowest BCUT2D eigenvalue weighted by molar-refractivity contribution is 0.0564. The molecule has 0 N–H and O–H groups in total. The topological polar surface area (TPSA) is 84.2 Å². The molecule has 0 bridgehead atoms. The van der Waals surface area contributed by atoms with Gasteiger partial charge >= 0.3 is 0 Å². The minimum absolute atomic E-state index is 0.0105. The van der Waals surface area contributed by atoms with Crippen LogP contribution in [0, 0.1) is 12.3 Å². The summed E-state index contributed by atoms with van der Waals surface area (Å²) in [6, 6.07) is 11.7. The van der Waals surface area contributed by atoms with Gasteiger partial charge in [0.1, 0.15) is 15.6 Å². The summed E-state index contributed by atoms with van der Waals surface area (Å²) in [5.74, 6) is 0.0617. The highest BCUT2D eigenvalue weighted by molar-refractivity contribution is 7.18. The highest BCUT2D eigenvalue weighted by Crippen LogP contribution is 2.41. The van der Waals surface area contributed by atoms with Crippen LogP contribution in [0.1, 0.15) is 45.8 Å². The minimum atomic E-state index is -0.0105. The van der Waals surface area contributed by atoms with Crippen molar-refractivity contribution in [3.63, 3.8) is 0 Å². The van der Waals surface area contributed by atoms with Gasteiger partial charge in [-0.3, -0.25) is 9.59 Å². The monoisotopic (exact) mass is 518 g/mol. The van der Waals surface area contributed by atoms with Gasteiger partial charge in [-0.1, -0.05) is 16.6 Å². The molecule has 2 aliphatic rings. The summed E-state index contributed by atoms with van der Waals surface area (Å²) < 4.78 is 5.96. The van der Waals surface area contributed by atoms with Crippen LogP contribution in [0.25, 0.3) is 15.6 Å². The maximum Gasteiger partial charge on any atom is 0.273 e. The van der Waals surface area contributed by atoms with Gasteiger partial charge in [0.25, 0.3) is 11.8 Å². The van der Waals surface area contributed by atoms with E-state index in [0.717, 1.165) is 59.2 Å². The molecule has 2 fully saturated rings. The number of aryl methyl sites for hydroxylation is 1. The third-order valence-electron chi connectivity index (χ3n) is 7.42. The van der Waals surface area contributed by atoms with Crippen LogP contribution >= 0.6 is 22.9 Å².